The second-order valence-electron chi connectivity index (χ2n) is 2.94. The summed E-state index contributed by atoms with van der Waals surface area (Å²) in [4.78, 5) is 4.04. The van der Waals surface area contributed by atoms with Crippen molar-refractivity contribution >= 4 is 31.9 Å². The molecule has 0 saturated heterocycles. The third-order valence-corrected chi connectivity index (χ3v) is 3.95. The number of hydrogen-bond donors (Lipinski definition) is 0. The zero-order valence-corrected chi connectivity index (χ0v) is 10.7. The molecule has 0 N–H and O–H groups in total. The summed E-state index contributed by atoms with van der Waals surface area (Å²) >= 11 is 6.66. The number of rotatable bonds is 1. The van der Waals surface area contributed by atoms with Crippen LogP contribution in [0.15, 0.2) is 45.6 Å². The molecule has 0 spiro atoms. The average Bonchev–Trinajstić information content (AvgIpc) is 2.23. The number of hydrogen-bond acceptors (Lipinski definition) is 1. The maximum Gasteiger partial charge on any atom is 0.131 e. The molecule has 2 aromatic rings. The molecule has 0 amide bonds. The van der Waals surface area contributed by atoms with Gasteiger partial charge in [-0.2, -0.15) is 0 Å². The molecule has 0 aliphatic carbocycles. The lowest BCUT2D eigenvalue weighted by molar-refractivity contribution is 0.631. The minimum Gasteiger partial charge on any atom is -0.248 e. The summed E-state index contributed by atoms with van der Waals surface area (Å²) in [5, 5.41) is 0. The van der Waals surface area contributed by atoms with E-state index in [9.17, 15) is 4.39 Å². The van der Waals surface area contributed by atoms with Gasteiger partial charge in [-0.05, 0) is 44.0 Å². The second-order valence-corrected chi connectivity index (χ2v) is 4.49. The zero-order valence-electron chi connectivity index (χ0n) is 7.55. The molecular weight excluding hydrogens is 325 g/mol. The molecule has 1 aromatic heterocycles. The molecule has 0 aliphatic heterocycles. The Morgan fingerprint density at radius 1 is 1.00 bits per heavy atom. The zero-order chi connectivity index (χ0) is 10.8. The normalized spacial score (nSPS) is 10.3. The van der Waals surface area contributed by atoms with Crippen molar-refractivity contribution in [1.82, 2.24) is 4.98 Å². The SMILES string of the molecule is Fc1ccccc1-c1ccnc(Br)c1Br. The van der Waals surface area contributed by atoms with Crippen LogP contribution in [0.1, 0.15) is 0 Å². The van der Waals surface area contributed by atoms with Crippen molar-refractivity contribution in [3.63, 3.8) is 0 Å². The van der Waals surface area contributed by atoms with Gasteiger partial charge in [0, 0.05) is 17.3 Å². The van der Waals surface area contributed by atoms with Crippen molar-refractivity contribution in [2.24, 2.45) is 0 Å². The summed E-state index contributed by atoms with van der Waals surface area (Å²) in [5.74, 6) is -0.240. The van der Waals surface area contributed by atoms with Crippen LogP contribution >= 0.6 is 31.9 Å². The van der Waals surface area contributed by atoms with Gasteiger partial charge in [0.05, 0.1) is 4.47 Å². The first-order valence-corrected chi connectivity index (χ1v) is 5.83. The highest BCUT2D eigenvalue weighted by Crippen LogP contribution is 2.33. The van der Waals surface area contributed by atoms with Gasteiger partial charge in [-0.25, -0.2) is 9.37 Å². The minimum absolute atomic E-state index is 0.240. The van der Waals surface area contributed by atoms with Gasteiger partial charge in [-0.1, -0.05) is 18.2 Å². The predicted molar refractivity (Wildman–Crippen MR) is 65.0 cm³/mol. The Morgan fingerprint density at radius 3 is 2.47 bits per heavy atom. The summed E-state index contributed by atoms with van der Waals surface area (Å²) in [6.45, 7) is 0. The first-order chi connectivity index (χ1) is 7.20. The van der Waals surface area contributed by atoms with E-state index >= 15 is 0 Å². The van der Waals surface area contributed by atoms with Crippen molar-refractivity contribution in [3.05, 3.63) is 51.4 Å². The van der Waals surface area contributed by atoms with Crippen molar-refractivity contribution in [1.29, 1.82) is 0 Å². The summed E-state index contributed by atoms with van der Waals surface area (Å²) < 4.78 is 15.0. The summed E-state index contributed by atoms with van der Waals surface area (Å²) in [6.07, 6.45) is 1.64. The van der Waals surface area contributed by atoms with Crippen LogP contribution in [0, 0.1) is 5.82 Å². The van der Waals surface area contributed by atoms with Crippen molar-refractivity contribution in [3.8, 4) is 11.1 Å². The van der Waals surface area contributed by atoms with Crippen LogP contribution in [0.3, 0.4) is 0 Å². The Hall–Kier alpha value is -0.740. The average molecular weight is 331 g/mol. The van der Waals surface area contributed by atoms with Crippen molar-refractivity contribution < 1.29 is 4.39 Å². The van der Waals surface area contributed by atoms with Gasteiger partial charge in [0.2, 0.25) is 0 Å². The molecule has 15 heavy (non-hydrogen) atoms. The lowest BCUT2D eigenvalue weighted by atomic mass is 10.1. The van der Waals surface area contributed by atoms with E-state index < -0.39 is 0 Å². The van der Waals surface area contributed by atoms with Crippen LogP contribution < -0.4 is 0 Å². The molecule has 1 heterocycles. The third kappa shape index (κ3) is 2.11. The standard InChI is InChI=1S/C11H6Br2FN/c12-10-8(5-6-15-11(10)13)7-3-1-2-4-9(7)14/h1-6H. The maximum atomic E-state index is 13.5. The number of nitrogens with zero attached hydrogens (tertiary/aromatic N) is 1. The summed E-state index contributed by atoms with van der Waals surface area (Å²) in [7, 11) is 0. The molecule has 0 unspecified atom stereocenters. The Bertz CT molecular complexity index is 500. The number of benzene rings is 1. The molecule has 0 atom stereocenters. The van der Waals surface area contributed by atoms with Gasteiger partial charge < -0.3 is 0 Å². The van der Waals surface area contributed by atoms with Crippen LogP contribution in [-0.2, 0) is 0 Å². The predicted octanol–water partition coefficient (Wildman–Crippen LogP) is 4.41. The third-order valence-electron chi connectivity index (χ3n) is 2.01. The highest BCUT2D eigenvalue weighted by atomic mass is 79.9. The van der Waals surface area contributed by atoms with E-state index in [2.05, 4.69) is 36.8 Å². The van der Waals surface area contributed by atoms with E-state index in [1.165, 1.54) is 6.07 Å². The van der Waals surface area contributed by atoms with Gasteiger partial charge in [-0.3, -0.25) is 0 Å². The fraction of sp³-hybridized carbons (Fsp3) is 0. The minimum atomic E-state index is -0.240. The molecule has 0 fully saturated rings. The fourth-order valence-corrected chi connectivity index (χ4v) is 2.09. The van der Waals surface area contributed by atoms with Crippen LogP contribution in [0.25, 0.3) is 11.1 Å². The van der Waals surface area contributed by atoms with Gasteiger partial charge >= 0.3 is 0 Å². The summed E-state index contributed by atoms with van der Waals surface area (Å²) in [5.41, 5.74) is 1.35. The Balaban J connectivity index is 2.65. The Morgan fingerprint density at radius 2 is 1.73 bits per heavy atom. The fourth-order valence-electron chi connectivity index (χ4n) is 1.31. The molecule has 2 rings (SSSR count). The van der Waals surface area contributed by atoms with Gasteiger partial charge in [0.1, 0.15) is 10.4 Å². The van der Waals surface area contributed by atoms with Crippen molar-refractivity contribution in [2.45, 2.75) is 0 Å². The van der Waals surface area contributed by atoms with Crippen LogP contribution in [-0.4, -0.2) is 4.98 Å². The highest BCUT2D eigenvalue weighted by Gasteiger charge is 2.10. The molecule has 0 aliphatic rings. The molecule has 0 radical (unpaired) electrons. The number of aromatic nitrogens is 1. The molecule has 1 aromatic carbocycles. The highest BCUT2D eigenvalue weighted by molar-refractivity contribution is 9.13. The largest absolute Gasteiger partial charge is 0.248 e. The molecule has 0 saturated carbocycles. The molecule has 76 valence electrons. The second kappa shape index (κ2) is 4.41. The van der Waals surface area contributed by atoms with E-state index in [0.29, 0.717) is 10.2 Å². The molecular formula is C11H6Br2FN. The van der Waals surface area contributed by atoms with E-state index in [-0.39, 0.29) is 5.82 Å². The van der Waals surface area contributed by atoms with Gasteiger partial charge in [0.15, 0.2) is 0 Å². The lowest BCUT2D eigenvalue weighted by Gasteiger charge is -2.06. The van der Waals surface area contributed by atoms with Crippen LogP contribution in [0.4, 0.5) is 4.39 Å². The molecule has 1 nitrogen and oxygen atoms in total. The quantitative estimate of drug-likeness (QED) is 0.706. The lowest BCUT2D eigenvalue weighted by Crippen LogP contribution is -1.87. The Labute approximate surface area is 104 Å². The Kier molecular flexibility index (Phi) is 3.17. The topological polar surface area (TPSA) is 12.9 Å². The monoisotopic (exact) mass is 329 g/mol. The van der Waals surface area contributed by atoms with Crippen LogP contribution in [0.2, 0.25) is 0 Å². The molecule has 4 heteroatoms. The van der Waals surface area contributed by atoms with E-state index in [1.54, 1.807) is 30.5 Å². The van der Waals surface area contributed by atoms with Crippen LogP contribution in [0.5, 0.6) is 0 Å². The van der Waals surface area contributed by atoms with Gasteiger partial charge in [-0.15, -0.1) is 0 Å². The van der Waals surface area contributed by atoms with E-state index in [0.717, 1.165) is 10.0 Å². The number of halogens is 3. The first-order valence-electron chi connectivity index (χ1n) is 4.25. The van der Waals surface area contributed by atoms with Crippen molar-refractivity contribution in [2.75, 3.05) is 0 Å². The van der Waals surface area contributed by atoms with Gasteiger partial charge in [0.25, 0.3) is 0 Å². The summed E-state index contributed by atoms with van der Waals surface area (Å²) in [6, 6.07) is 8.42. The number of pyridine rings is 1. The first kappa shape index (κ1) is 10.8. The maximum absolute atomic E-state index is 13.5. The molecule has 0 bridgehead atoms. The van der Waals surface area contributed by atoms with E-state index in [4.69, 9.17) is 0 Å². The smallest absolute Gasteiger partial charge is 0.131 e. The van der Waals surface area contributed by atoms with E-state index in [1.807, 2.05) is 0 Å².